The minimum atomic E-state index is -0.414. The van der Waals surface area contributed by atoms with Crippen molar-refractivity contribution in [2.75, 3.05) is 30.5 Å². The van der Waals surface area contributed by atoms with Gasteiger partial charge in [0.25, 0.3) is 0 Å². The van der Waals surface area contributed by atoms with Crippen LogP contribution in [-0.2, 0) is 9.59 Å². The molecule has 26 heavy (non-hydrogen) atoms. The number of rotatable bonds is 6. The van der Waals surface area contributed by atoms with E-state index < -0.39 is 5.92 Å². The van der Waals surface area contributed by atoms with Crippen LogP contribution in [0.5, 0.6) is 11.5 Å². The lowest BCUT2D eigenvalue weighted by molar-refractivity contribution is -0.122. The largest absolute Gasteiger partial charge is 0.497 e. The molecule has 1 saturated heterocycles. The van der Waals surface area contributed by atoms with E-state index in [9.17, 15) is 9.59 Å². The second-order valence-electron chi connectivity index (χ2n) is 6.03. The van der Waals surface area contributed by atoms with Gasteiger partial charge in [0.05, 0.1) is 25.3 Å². The summed E-state index contributed by atoms with van der Waals surface area (Å²) in [5.74, 6) is 0.643. The molecule has 1 aliphatic rings. The average molecular weight is 354 g/mol. The van der Waals surface area contributed by atoms with E-state index in [2.05, 4.69) is 5.32 Å². The van der Waals surface area contributed by atoms with Crippen LogP contribution < -0.4 is 19.7 Å². The summed E-state index contributed by atoms with van der Waals surface area (Å²) in [6, 6.07) is 14.5. The number of methoxy groups -OCH3 is 1. The van der Waals surface area contributed by atoms with E-state index in [0.29, 0.717) is 36.0 Å². The van der Waals surface area contributed by atoms with Gasteiger partial charge >= 0.3 is 0 Å². The number of carbonyl (C=O) groups is 2. The molecule has 6 nitrogen and oxygen atoms in total. The molecule has 136 valence electrons. The summed E-state index contributed by atoms with van der Waals surface area (Å²) in [5.41, 5.74) is 1.35. The molecule has 0 bridgehead atoms. The van der Waals surface area contributed by atoms with Gasteiger partial charge in [-0.05, 0) is 31.2 Å². The van der Waals surface area contributed by atoms with Gasteiger partial charge in [0.2, 0.25) is 11.8 Å². The fourth-order valence-corrected chi connectivity index (χ4v) is 3.02. The number of benzene rings is 2. The van der Waals surface area contributed by atoms with Crippen molar-refractivity contribution >= 4 is 23.2 Å². The third-order valence-corrected chi connectivity index (χ3v) is 4.29. The molecule has 2 aromatic carbocycles. The molecule has 0 radical (unpaired) electrons. The minimum absolute atomic E-state index is 0.0806. The number of hydrogen-bond donors (Lipinski definition) is 1. The van der Waals surface area contributed by atoms with E-state index in [4.69, 9.17) is 9.47 Å². The molecule has 0 unspecified atom stereocenters. The van der Waals surface area contributed by atoms with Crippen molar-refractivity contribution in [2.24, 2.45) is 5.92 Å². The van der Waals surface area contributed by atoms with Crippen molar-refractivity contribution in [1.82, 2.24) is 0 Å². The first-order valence-electron chi connectivity index (χ1n) is 8.59. The molecule has 1 aliphatic heterocycles. The molecule has 3 rings (SSSR count). The van der Waals surface area contributed by atoms with Crippen LogP contribution in [0.1, 0.15) is 13.3 Å². The highest BCUT2D eigenvalue weighted by Gasteiger charge is 2.36. The first-order valence-corrected chi connectivity index (χ1v) is 8.59. The summed E-state index contributed by atoms with van der Waals surface area (Å²) in [6.45, 7) is 2.74. The molecule has 1 heterocycles. The van der Waals surface area contributed by atoms with Crippen molar-refractivity contribution in [3.05, 3.63) is 48.5 Å². The van der Waals surface area contributed by atoms with Crippen LogP contribution in [-0.4, -0.2) is 32.1 Å². The van der Waals surface area contributed by atoms with E-state index in [1.165, 1.54) is 0 Å². The Balaban J connectivity index is 1.72. The molecule has 0 saturated carbocycles. The van der Waals surface area contributed by atoms with Crippen molar-refractivity contribution < 1.29 is 19.1 Å². The van der Waals surface area contributed by atoms with Crippen LogP contribution in [0.3, 0.4) is 0 Å². The Hall–Kier alpha value is -3.02. The quantitative estimate of drug-likeness (QED) is 0.866. The molecule has 0 aromatic heterocycles. The fraction of sp³-hybridized carbons (Fsp3) is 0.300. The first kappa shape index (κ1) is 17.8. The maximum absolute atomic E-state index is 12.6. The minimum Gasteiger partial charge on any atom is -0.497 e. The van der Waals surface area contributed by atoms with Gasteiger partial charge in [-0.2, -0.15) is 0 Å². The third kappa shape index (κ3) is 3.79. The van der Waals surface area contributed by atoms with Gasteiger partial charge in [0, 0.05) is 24.7 Å². The lowest BCUT2D eigenvalue weighted by atomic mass is 10.1. The van der Waals surface area contributed by atoms with Gasteiger partial charge < -0.3 is 19.7 Å². The van der Waals surface area contributed by atoms with E-state index in [0.717, 1.165) is 0 Å². The number of nitrogens with one attached hydrogen (secondary N) is 1. The molecule has 1 atom stereocenters. The molecular formula is C20H22N2O4. The number of amides is 2. The predicted molar refractivity (Wildman–Crippen MR) is 99.7 cm³/mol. The lowest BCUT2D eigenvalue weighted by Gasteiger charge is -2.20. The second-order valence-corrected chi connectivity index (χ2v) is 6.03. The zero-order valence-electron chi connectivity index (χ0n) is 14.9. The Morgan fingerprint density at radius 3 is 2.81 bits per heavy atom. The number of carbonyl (C=O) groups excluding carboxylic acids is 2. The van der Waals surface area contributed by atoms with E-state index >= 15 is 0 Å². The monoisotopic (exact) mass is 354 g/mol. The van der Waals surface area contributed by atoms with Gasteiger partial charge in [-0.25, -0.2) is 0 Å². The highest BCUT2D eigenvalue weighted by molar-refractivity contribution is 6.04. The van der Waals surface area contributed by atoms with E-state index in [1.807, 2.05) is 31.2 Å². The van der Waals surface area contributed by atoms with Gasteiger partial charge in [-0.15, -0.1) is 0 Å². The van der Waals surface area contributed by atoms with Crippen molar-refractivity contribution in [3.63, 3.8) is 0 Å². The molecule has 6 heteroatoms. The Bertz CT molecular complexity index is 806. The SMILES string of the molecule is CCOc1ccccc1N1C[C@H](C(=O)Nc2cccc(OC)c2)CC1=O. The van der Waals surface area contributed by atoms with Gasteiger partial charge in [0.15, 0.2) is 0 Å². The van der Waals surface area contributed by atoms with Crippen LogP contribution >= 0.6 is 0 Å². The molecule has 1 fully saturated rings. The van der Waals surface area contributed by atoms with Gasteiger partial charge in [0.1, 0.15) is 11.5 Å². The number of para-hydroxylation sites is 2. The standard InChI is InChI=1S/C20H22N2O4/c1-3-26-18-10-5-4-9-17(18)22-13-14(11-19(22)23)20(24)21-15-7-6-8-16(12-15)25-2/h4-10,12,14H,3,11,13H2,1-2H3,(H,21,24)/t14-/m1/s1. The van der Waals surface area contributed by atoms with Crippen molar-refractivity contribution in [1.29, 1.82) is 0 Å². The van der Waals surface area contributed by atoms with Crippen LogP contribution in [0, 0.1) is 5.92 Å². The summed E-state index contributed by atoms with van der Waals surface area (Å²) < 4.78 is 10.8. The van der Waals surface area contributed by atoms with Crippen LogP contribution in [0.2, 0.25) is 0 Å². The first-order chi connectivity index (χ1) is 12.6. The zero-order chi connectivity index (χ0) is 18.5. The van der Waals surface area contributed by atoms with Gasteiger partial charge in [-0.1, -0.05) is 18.2 Å². The normalized spacial score (nSPS) is 16.5. The van der Waals surface area contributed by atoms with E-state index in [-0.39, 0.29) is 18.2 Å². The van der Waals surface area contributed by atoms with Crippen molar-refractivity contribution in [2.45, 2.75) is 13.3 Å². The molecule has 2 aromatic rings. The molecule has 0 aliphatic carbocycles. The number of nitrogens with zero attached hydrogens (tertiary/aromatic N) is 1. The van der Waals surface area contributed by atoms with E-state index in [1.54, 1.807) is 36.3 Å². The Morgan fingerprint density at radius 2 is 2.04 bits per heavy atom. The lowest BCUT2D eigenvalue weighted by Crippen LogP contribution is -2.28. The summed E-state index contributed by atoms with van der Waals surface area (Å²) in [5, 5.41) is 2.86. The number of hydrogen-bond acceptors (Lipinski definition) is 4. The Labute approximate surface area is 152 Å². The highest BCUT2D eigenvalue weighted by Crippen LogP contribution is 2.33. The Kier molecular flexibility index (Phi) is 5.41. The number of ether oxygens (including phenoxy) is 2. The smallest absolute Gasteiger partial charge is 0.229 e. The molecule has 2 amide bonds. The van der Waals surface area contributed by atoms with Crippen molar-refractivity contribution in [3.8, 4) is 11.5 Å². The summed E-state index contributed by atoms with van der Waals surface area (Å²) in [6.07, 6.45) is 0.177. The van der Waals surface area contributed by atoms with Gasteiger partial charge in [-0.3, -0.25) is 9.59 Å². The topological polar surface area (TPSA) is 67.9 Å². The zero-order valence-corrected chi connectivity index (χ0v) is 14.9. The number of anilines is 2. The van der Waals surface area contributed by atoms with Crippen LogP contribution in [0.4, 0.5) is 11.4 Å². The average Bonchev–Trinajstić information content (AvgIpc) is 3.04. The highest BCUT2D eigenvalue weighted by atomic mass is 16.5. The summed E-state index contributed by atoms with van der Waals surface area (Å²) in [4.78, 5) is 26.7. The third-order valence-electron chi connectivity index (χ3n) is 4.29. The second kappa shape index (κ2) is 7.91. The Morgan fingerprint density at radius 1 is 1.23 bits per heavy atom. The maximum Gasteiger partial charge on any atom is 0.229 e. The fourth-order valence-electron chi connectivity index (χ4n) is 3.02. The maximum atomic E-state index is 12.6. The molecule has 1 N–H and O–H groups in total. The predicted octanol–water partition coefficient (Wildman–Crippen LogP) is 3.09. The summed E-state index contributed by atoms with van der Waals surface area (Å²) >= 11 is 0. The molecular weight excluding hydrogens is 332 g/mol. The summed E-state index contributed by atoms with van der Waals surface area (Å²) in [7, 11) is 1.57. The molecule has 0 spiro atoms. The van der Waals surface area contributed by atoms with Crippen LogP contribution in [0.25, 0.3) is 0 Å². The van der Waals surface area contributed by atoms with Crippen LogP contribution in [0.15, 0.2) is 48.5 Å².